The second-order valence-corrected chi connectivity index (χ2v) is 5.62. The fraction of sp³-hybridized carbons (Fsp3) is 0.263. The summed E-state index contributed by atoms with van der Waals surface area (Å²) in [5, 5.41) is 5.41. The molecule has 0 aliphatic rings. The number of rotatable bonds is 6. The zero-order valence-electron chi connectivity index (χ0n) is 15.1. The molecule has 7 heteroatoms. The van der Waals surface area contributed by atoms with Crippen LogP contribution in [0.15, 0.2) is 42.6 Å². The molecule has 0 saturated heterocycles. The molecule has 3 amide bonds. The topological polar surface area (TPSA) is 91.4 Å². The highest BCUT2D eigenvalue weighted by molar-refractivity contribution is 6.06. The summed E-state index contributed by atoms with van der Waals surface area (Å²) in [6.07, 6.45) is 1.44. The van der Waals surface area contributed by atoms with E-state index >= 15 is 0 Å². The number of benzene rings is 1. The Kier molecular flexibility index (Phi) is 6.43. The molecule has 7 nitrogen and oxygen atoms in total. The first-order valence-corrected chi connectivity index (χ1v) is 8.39. The quantitative estimate of drug-likeness (QED) is 0.834. The minimum Gasteiger partial charge on any atom is -0.338 e. The van der Waals surface area contributed by atoms with Crippen molar-refractivity contribution in [3.63, 3.8) is 0 Å². The third kappa shape index (κ3) is 4.89. The molecule has 0 saturated carbocycles. The Balaban J connectivity index is 2.16. The van der Waals surface area contributed by atoms with Crippen LogP contribution in [-0.2, 0) is 4.79 Å². The molecule has 0 aliphatic carbocycles. The number of anilines is 2. The highest BCUT2D eigenvalue weighted by Gasteiger charge is 2.16. The molecule has 2 N–H and O–H groups in total. The van der Waals surface area contributed by atoms with Crippen LogP contribution >= 0.6 is 0 Å². The number of nitrogens with one attached hydrogen (secondary N) is 2. The van der Waals surface area contributed by atoms with Crippen molar-refractivity contribution in [3.8, 4) is 0 Å². The number of aromatic nitrogens is 1. The minimum absolute atomic E-state index is 0.192. The van der Waals surface area contributed by atoms with E-state index in [9.17, 15) is 14.4 Å². The highest BCUT2D eigenvalue weighted by atomic mass is 16.2. The molecular weight excluding hydrogens is 332 g/mol. The summed E-state index contributed by atoms with van der Waals surface area (Å²) in [6, 6.07) is 9.85. The van der Waals surface area contributed by atoms with Crippen LogP contribution in [0, 0.1) is 0 Å². The first-order valence-electron chi connectivity index (χ1n) is 8.39. The van der Waals surface area contributed by atoms with Gasteiger partial charge in [0.2, 0.25) is 5.91 Å². The molecule has 2 rings (SSSR count). The fourth-order valence-corrected chi connectivity index (χ4v) is 2.44. The molecule has 26 heavy (non-hydrogen) atoms. The van der Waals surface area contributed by atoms with Gasteiger partial charge in [-0.05, 0) is 44.2 Å². The van der Waals surface area contributed by atoms with Gasteiger partial charge in [0.15, 0.2) is 0 Å². The summed E-state index contributed by atoms with van der Waals surface area (Å²) in [5.41, 5.74) is 1.69. The summed E-state index contributed by atoms with van der Waals surface area (Å²) in [4.78, 5) is 41.7. The van der Waals surface area contributed by atoms with Crippen molar-refractivity contribution in [2.75, 3.05) is 23.7 Å². The van der Waals surface area contributed by atoms with E-state index in [1.165, 1.54) is 19.2 Å². The van der Waals surface area contributed by atoms with Crippen molar-refractivity contribution in [2.45, 2.75) is 20.8 Å². The largest absolute Gasteiger partial charge is 0.338 e. The van der Waals surface area contributed by atoms with Crippen molar-refractivity contribution in [3.05, 3.63) is 53.9 Å². The van der Waals surface area contributed by atoms with Crippen molar-refractivity contribution in [1.82, 2.24) is 9.88 Å². The van der Waals surface area contributed by atoms with Gasteiger partial charge in [0.1, 0.15) is 5.69 Å². The zero-order valence-corrected chi connectivity index (χ0v) is 15.1. The van der Waals surface area contributed by atoms with Gasteiger partial charge in [0.25, 0.3) is 11.8 Å². The number of hydrogen-bond donors (Lipinski definition) is 2. The molecule has 0 bridgehead atoms. The summed E-state index contributed by atoms with van der Waals surface area (Å²) in [6.45, 7) is 6.34. The standard InChI is InChI=1S/C19H22N4O3/c1-4-23(5-2)19(26)17-11-14(9-10-20-17)18(25)22-16-8-6-7-15(12-16)21-13(3)24/h6-12H,4-5H2,1-3H3,(H,21,24)(H,22,25). The molecule has 0 aliphatic heterocycles. The fourth-order valence-electron chi connectivity index (χ4n) is 2.44. The molecule has 1 aromatic heterocycles. The molecule has 0 spiro atoms. The third-order valence-electron chi connectivity index (χ3n) is 3.73. The lowest BCUT2D eigenvalue weighted by Crippen LogP contribution is -2.31. The van der Waals surface area contributed by atoms with Crippen molar-refractivity contribution >= 4 is 29.1 Å². The average molecular weight is 354 g/mol. The van der Waals surface area contributed by atoms with E-state index in [0.29, 0.717) is 30.0 Å². The van der Waals surface area contributed by atoms with Gasteiger partial charge in [-0.1, -0.05) is 6.07 Å². The average Bonchev–Trinajstić information content (AvgIpc) is 2.62. The van der Waals surface area contributed by atoms with Gasteiger partial charge in [0, 0.05) is 43.1 Å². The van der Waals surface area contributed by atoms with Gasteiger partial charge >= 0.3 is 0 Å². The summed E-state index contributed by atoms with van der Waals surface area (Å²) in [7, 11) is 0. The highest BCUT2D eigenvalue weighted by Crippen LogP contribution is 2.16. The van der Waals surface area contributed by atoms with Crippen LogP contribution < -0.4 is 10.6 Å². The van der Waals surface area contributed by atoms with Crippen LogP contribution in [-0.4, -0.2) is 40.7 Å². The van der Waals surface area contributed by atoms with Crippen molar-refractivity contribution in [1.29, 1.82) is 0 Å². The number of carbonyl (C=O) groups is 3. The normalized spacial score (nSPS) is 10.1. The summed E-state index contributed by atoms with van der Waals surface area (Å²) in [5.74, 6) is -0.763. The monoisotopic (exact) mass is 354 g/mol. The molecule has 2 aromatic rings. The lowest BCUT2D eigenvalue weighted by Gasteiger charge is -2.18. The van der Waals surface area contributed by atoms with Gasteiger partial charge in [0.05, 0.1) is 0 Å². The third-order valence-corrected chi connectivity index (χ3v) is 3.73. The van der Waals surface area contributed by atoms with Gasteiger partial charge in [-0.25, -0.2) is 0 Å². The van der Waals surface area contributed by atoms with Crippen LogP contribution in [0.1, 0.15) is 41.6 Å². The van der Waals surface area contributed by atoms with E-state index in [1.54, 1.807) is 35.2 Å². The van der Waals surface area contributed by atoms with Crippen LogP contribution in [0.25, 0.3) is 0 Å². The predicted molar refractivity (Wildman–Crippen MR) is 100 cm³/mol. The maximum Gasteiger partial charge on any atom is 0.272 e. The van der Waals surface area contributed by atoms with Crippen LogP contribution in [0.4, 0.5) is 11.4 Å². The Bertz CT molecular complexity index is 816. The lowest BCUT2D eigenvalue weighted by molar-refractivity contribution is -0.114. The van der Waals surface area contributed by atoms with E-state index < -0.39 is 0 Å². The minimum atomic E-state index is -0.360. The SMILES string of the molecule is CCN(CC)C(=O)c1cc(C(=O)Nc2cccc(NC(C)=O)c2)ccn1. The first-order chi connectivity index (χ1) is 12.4. The Morgan fingerprint density at radius 2 is 1.65 bits per heavy atom. The summed E-state index contributed by atoms with van der Waals surface area (Å²) < 4.78 is 0. The number of hydrogen-bond acceptors (Lipinski definition) is 4. The second kappa shape index (κ2) is 8.75. The molecule has 0 atom stereocenters. The van der Waals surface area contributed by atoms with E-state index in [2.05, 4.69) is 15.6 Å². The number of pyridine rings is 1. The van der Waals surface area contributed by atoms with Crippen LogP contribution in [0.5, 0.6) is 0 Å². The Hall–Kier alpha value is -3.22. The van der Waals surface area contributed by atoms with Gasteiger partial charge in [-0.2, -0.15) is 0 Å². The van der Waals surface area contributed by atoms with Crippen LogP contribution in [0.2, 0.25) is 0 Å². The second-order valence-electron chi connectivity index (χ2n) is 5.62. The molecular formula is C19H22N4O3. The Morgan fingerprint density at radius 1 is 1.00 bits per heavy atom. The zero-order chi connectivity index (χ0) is 19.1. The summed E-state index contributed by atoms with van der Waals surface area (Å²) >= 11 is 0. The molecule has 0 unspecified atom stereocenters. The molecule has 1 heterocycles. The van der Waals surface area contributed by atoms with Crippen molar-refractivity contribution in [2.24, 2.45) is 0 Å². The maximum absolute atomic E-state index is 12.5. The van der Waals surface area contributed by atoms with Crippen molar-refractivity contribution < 1.29 is 14.4 Å². The molecule has 1 aromatic carbocycles. The van der Waals surface area contributed by atoms with E-state index in [0.717, 1.165) is 0 Å². The van der Waals surface area contributed by atoms with Gasteiger partial charge < -0.3 is 15.5 Å². The Labute approximate surface area is 152 Å². The van der Waals surface area contributed by atoms with Crippen LogP contribution in [0.3, 0.4) is 0 Å². The smallest absolute Gasteiger partial charge is 0.272 e. The molecule has 0 radical (unpaired) electrons. The number of nitrogens with zero attached hydrogens (tertiary/aromatic N) is 2. The number of amides is 3. The Morgan fingerprint density at radius 3 is 2.27 bits per heavy atom. The number of carbonyl (C=O) groups excluding carboxylic acids is 3. The van der Waals surface area contributed by atoms with Gasteiger partial charge in [-0.15, -0.1) is 0 Å². The molecule has 0 fully saturated rings. The van der Waals surface area contributed by atoms with Gasteiger partial charge in [-0.3, -0.25) is 19.4 Å². The van der Waals surface area contributed by atoms with E-state index in [1.807, 2.05) is 13.8 Å². The van der Waals surface area contributed by atoms with E-state index in [4.69, 9.17) is 0 Å². The predicted octanol–water partition coefficient (Wildman–Crippen LogP) is 2.77. The molecule has 136 valence electrons. The first kappa shape index (κ1) is 19.1. The lowest BCUT2D eigenvalue weighted by atomic mass is 10.2. The van der Waals surface area contributed by atoms with E-state index in [-0.39, 0.29) is 23.4 Å². The maximum atomic E-state index is 12.5.